The minimum atomic E-state index is 0.216. The van der Waals surface area contributed by atoms with Crippen molar-refractivity contribution >= 4 is 17.7 Å². The number of amides is 1. The predicted molar refractivity (Wildman–Crippen MR) is 92.7 cm³/mol. The molecule has 2 aromatic rings. The lowest BCUT2D eigenvalue weighted by molar-refractivity contribution is -0.129. The van der Waals surface area contributed by atoms with E-state index < -0.39 is 0 Å². The van der Waals surface area contributed by atoms with E-state index in [-0.39, 0.29) is 5.91 Å². The monoisotopic (exact) mass is 343 g/mol. The number of aromatic nitrogens is 4. The Morgan fingerprint density at radius 3 is 2.75 bits per heavy atom. The van der Waals surface area contributed by atoms with Crippen LogP contribution in [0.4, 0.5) is 0 Å². The first-order valence-electron chi connectivity index (χ1n) is 8.59. The topological polar surface area (TPSA) is 63.9 Å². The summed E-state index contributed by atoms with van der Waals surface area (Å²) in [6.07, 6.45) is 9.36. The first-order chi connectivity index (χ1) is 11.8. The van der Waals surface area contributed by atoms with Crippen molar-refractivity contribution in [1.82, 2.24) is 24.6 Å². The summed E-state index contributed by atoms with van der Waals surface area (Å²) in [5.41, 5.74) is 0.978. The third-order valence-corrected chi connectivity index (χ3v) is 5.46. The minimum Gasteiger partial charge on any atom is -0.342 e. The van der Waals surface area contributed by atoms with Gasteiger partial charge < -0.3 is 4.90 Å². The van der Waals surface area contributed by atoms with Crippen molar-refractivity contribution < 1.29 is 4.79 Å². The highest BCUT2D eigenvalue weighted by Crippen LogP contribution is 2.40. The zero-order valence-electron chi connectivity index (χ0n) is 13.6. The van der Waals surface area contributed by atoms with E-state index in [1.165, 1.54) is 18.2 Å². The SMILES string of the molecule is O=C(CSc1nnc(-c2cccnc2)n1C1CC1)N1CCCCC1. The van der Waals surface area contributed by atoms with Crippen molar-refractivity contribution in [2.24, 2.45) is 0 Å². The van der Waals surface area contributed by atoms with Gasteiger partial charge in [0.15, 0.2) is 11.0 Å². The van der Waals surface area contributed by atoms with Crippen molar-refractivity contribution in [2.75, 3.05) is 18.8 Å². The summed E-state index contributed by atoms with van der Waals surface area (Å²) in [7, 11) is 0. The Hall–Kier alpha value is -1.89. The van der Waals surface area contributed by atoms with Gasteiger partial charge >= 0.3 is 0 Å². The Bertz CT molecular complexity index is 707. The molecule has 1 saturated carbocycles. The fourth-order valence-corrected chi connectivity index (χ4v) is 4.00. The smallest absolute Gasteiger partial charge is 0.233 e. The largest absolute Gasteiger partial charge is 0.342 e. The van der Waals surface area contributed by atoms with Crippen LogP contribution in [-0.4, -0.2) is 49.4 Å². The first-order valence-corrected chi connectivity index (χ1v) is 9.57. The molecule has 3 heterocycles. The van der Waals surface area contributed by atoms with E-state index in [9.17, 15) is 4.79 Å². The van der Waals surface area contributed by atoms with Gasteiger partial charge in [-0.05, 0) is 44.2 Å². The summed E-state index contributed by atoms with van der Waals surface area (Å²) in [4.78, 5) is 18.5. The van der Waals surface area contributed by atoms with Crippen LogP contribution in [0.1, 0.15) is 38.1 Å². The molecule has 0 radical (unpaired) electrons. The maximum absolute atomic E-state index is 12.4. The van der Waals surface area contributed by atoms with Crippen LogP contribution in [0.25, 0.3) is 11.4 Å². The van der Waals surface area contributed by atoms with Crippen LogP contribution in [0.3, 0.4) is 0 Å². The average molecular weight is 343 g/mol. The van der Waals surface area contributed by atoms with Gasteiger partial charge in [0.05, 0.1) is 5.75 Å². The van der Waals surface area contributed by atoms with Gasteiger partial charge in [-0.15, -0.1) is 10.2 Å². The highest BCUT2D eigenvalue weighted by molar-refractivity contribution is 7.99. The maximum atomic E-state index is 12.4. The predicted octanol–water partition coefficient (Wildman–Crippen LogP) is 2.78. The highest BCUT2D eigenvalue weighted by Gasteiger charge is 2.30. The molecule has 1 aliphatic heterocycles. The van der Waals surface area contributed by atoms with Gasteiger partial charge in [-0.3, -0.25) is 14.3 Å². The first kappa shape index (κ1) is 15.6. The second kappa shape index (κ2) is 6.93. The van der Waals surface area contributed by atoms with Crippen molar-refractivity contribution in [3.05, 3.63) is 24.5 Å². The van der Waals surface area contributed by atoms with Crippen molar-refractivity contribution in [3.8, 4) is 11.4 Å². The van der Waals surface area contributed by atoms with Crippen LogP contribution in [0.2, 0.25) is 0 Å². The molecule has 0 atom stereocenters. The third-order valence-electron chi connectivity index (χ3n) is 4.53. The average Bonchev–Trinajstić information content (AvgIpc) is 3.40. The van der Waals surface area contributed by atoms with E-state index in [0.29, 0.717) is 11.8 Å². The van der Waals surface area contributed by atoms with Gasteiger partial charge in [0.2, 0.25) is 5.91 Å². The second-order valence-corrected chi connectivity index (χ2v) is 7.32. The molecule has 0 N–H and O–H groups in total. The maximum Gasteiger partial charge on any atom is 0.233 e. The van der Waals surface area contributed by atoms with Crippen molar-refractivity contribution in [3.63, 3.8) is 0 Å². The van der Waals surface area contributed by atoms with E-state index in [4.69, 9.17) is 0 Å². The molecule has 0 aromatic carbocycles. The number of likely N-dealkylation sites (tertiary alicyclic amines) is 1. The molecule has 126 valence electrons. The third kappa shape index (κ3) is 3.31. The van der Waals surface area contributed by atoms with Gasteiger partial charge in [0.1, 0.15) is 0 Å². The Balaban J connectivity index is 1.49. The van der Waals surface area contributed by atoms with E-state index in [2.05, 4.69) is 19.7 Å². The zero-order valence-corrected chi connectivity index (χ0v) is 14.4. The van der Waals surface area contributed by atoms with Crippen LogP contribution in [0.5, 0.6) is 0 Å². The normalized spacial score (nSPS) is 17.9. The van der Waals surface area contributed by atoms with Crippen LogP contribution in [0.15, 0.2) is 29.7 Å². The molecule has 0 bridgehead atoms. The molecule has 24 heavy (non-hydrogen) atoms. The van der Waals surface area contributed by atoms with Crippen LogP contribution < -0.4 is 0 Å². The lowest BCUT2D eigenvalue weighted by atomic mass is 10.1. The molecular weight excluding hydrogens is 322 g/mol. The fraction of sp³-hybridized carbons (Fsp3) is 0.529. The number of piperidine rings is 1. The van der Waals surface area contributed by atoms with E-state index >= 15 is 0 Å². The summed E-state index contributed by atoms with van der Waals surface area (Å²) in [6.45, 7) is 1.80. The molecule has 2 aromatic heterocycles. The minimum absolute atomic E-state index is 0.216. The highest BCUT2D eigenvalue weighted by atomic mass is 32.2. The summed E-state index contributed by atoms with van der Waals surface area (Å²) >= 11 is 1.51. The van der Waals surface area contributed by atoms with Gasteiger partial charge in [0.25, 0.3) is 0 Å². The molecule has 7 heteroatoms. The lowest BCUT2D eigenvalue weighted by Gasteiger charge is -2.26. The Kier molecular flexibility index (Phi) is 4.51. The quantitative estimate of drug-likeness (QED) is 0.781. The standard InChI is InChI=1S/C17H21N5OS/c23-15(21-9-2-1-3-10-21)12-24-17-20-19-16(22(17)14-6-7-14)13-5-4-8-18-11-13/h4-5,8,11,14H,1-3,6-7,9-10,12H2. The van der Waals surface area contributed by atoms with Gasteiger partial charge in [0, 0.05) is 37.1 Å². The number of carbonyl (C=O) groups excluding carboxylic acids is 1. The molecule has 2 fully saturated rings. The van der Waals surface area contributed by atoms with E-state index in [1.54, 1.807) is 6.20 Å². The van der Waals surface area contributed by atoms with Crippen molar-refractivity contribution in [1.29, 1.82) is 0 Å². The molecule has 0 spiro atoms. The molecule has 0 unspecified atom stereocenters. The van der Waals surface area contributed by atoms with Crippen molar-refractivity contribution in [2.45, 2.75) is 43.3 Å². The molecule has 1 aliphatic carbocycles. The Labute approximate surface area is 145 Å². The van der Waals surface area contributed by atoms with Gasteiger partial charge in [-0.1, -0.05) is 11.8 Å². The summed E-state index contributed by atoms with van der Waals surface area (Å²) < 4.78 is 2.19. The number of thioether (sulfide) groups is 1. The fourth-order valence-electron chi connectivity index (χ4n) is 3.09. The van der Waals surface area contributed by atoms with E-state index in [0.717, 1.165) is 55.3 Å². The Morgan fingerprint density at radius 2 is 2.04 bits per heavy atom. The Morgan fingerprint density at radius 1 is 1.21 bits per heavy atom. The number of rotatable bonds is 5. The molecule has 4 rings (SSSR count). The number of hydrogen-bond donors (Lipinski definition) is 0. The number of carbonyl (C=O) groups is 1. The molecule has 1 saturated heterocycles. The van der Waals surface area contributed by atoms with Crippen LogP contribution in [-0.2, 0) is 4.79 Å². The molecule has 2 aliphatic rings. The molecular formula is C17H21N5OS. The van der Waals surface area contributed by atoms with Crippen LogP contribution >= 0.6 is 11.8 Å². The van der Waals surface area contributed by atoms with Gasteiger partial charge in [-0.25, -0.2) is 0 Å². The summed E-state index contributed by atoms with van der Waals surface area (Å²) in [6, 6.07) is 4.37. The number of pyridine rings is 1. The molecule has 6 nitrogen and oxygen atoms in total. The number of nitrogens with zero attached hydrogens (tertiary/aromatic N) is 5. The molecule has 1 amide bonds. The van der Waals surface area contributed by atoms with Gasteiger partial charge in [-0.2, -0.15) is 0 Å². The lowest BCUT2D eigenvalue weighted by Crippen LogP contribution is -2.36. The summed E-state index contributed by atoms with van der Waals surface area (Å²) in [5.74, 6) is 1.52. The summed E-state index contributed by atoms with van der Waals surface area (Å²) in [5, 5.41) is 9.56. The van der Waals surface area contributed by atoms with Crippen LogP contribution in [0, 0.1) is 0 Å². The van der Waals surface area contributed by atoms with E-state index in [1.807, 2.05) is 23.2 Å². The number of hydrogen-bond acceptors (Lipinski definition) is 5. The second-order valence-electron chi connectivity index (χ2n) is 6.38. The zero-order chi connectivity index (χ0) is 16.4.